The first-order valence-electron chi connectivity index (χ1n) is 13.7. The molecule has 1 aromatic rings. The molecular weight excluding hydrogens is 521 g/mol. The maximum Gasteiger partial charge on any atom is 0.416 e. The van der Waals surface area contributed by atoms with Gasteiger partial charge in [0.15, 0.2) is 8.32 Å². The van der Waals surface area contributed by atoms with Crippen LogP contribution < -0.4 is 4.74 Å². The highest BCUT2D eigenvalue weighted by Crippen LogP contribution is 2.43. The highest BCUT2D eigenvalue weighted by Gasteiger charge is 2.42. The molecule has 1 fully saturated rings. The van der Waals surface area contributed by atoms with Gasteiger partial charge in [0, 0.05) is 12.3 Å². The SMILES string of the molecule is C=CCCC(=O)O[C@H]1C[C@@H](C)[C@H](/C=C/[C@H](COc2cccc(C(F)(F)F)c2)O[Si](C)(C)C(C)(C)C)[C@H]1CC=C. The van der Waals surface area contributed by atoms with Crippen LogP contribution in [0.15, 0.2) is 61.7 Å². The maximum absolute atomic E-state index is 13.2. The third-order valence-electron chi connectivity index (χ3n) is 7.88. The van der Waals surface area contributed by atoms with Crippen molar-refractivity contribution in [2.75, 3.05) is 6.61 Å². The van der Waals surface area contributed by atoms with Crippen LogP contribution >= 0.6 is 0 Å². The van der Waals surface area contributed by atoms with Crippen molar-refractivity contribution in [3.8, 4) is 5.75 Å². The lowest BCUT2D eigenvalue weighted by Gasteiger charge is -2.38. The molecule has 1 saturated carbocycles. The van der Waals surface area contributed by atoms with E-state index in [1.807, 2.05) is 12.2 Å². The molecule has 2 rings (SSSR count). The molecule has 0 spiro atoms. The van der Waals surface area contributed by atoms with Crippen LogP contribution in [0.25, 0.3) is 0 Å². The van der Waals surface area contributed by atoms with Gasteiger partial charge in [-0.05, 0) is 67.4 Å². The van der Waals surface area contributed by atoms with Gasteiger partial charge in [-0.1, -0.05) is 58.1 Å². The average molecular weight is 567 g/mol. The largest absolute Gasteiger partial charge is 0.491 e. The highest BCUT2D eigenvalue weighted by atomic mass is 28.4. The van der Waals surface area contributed by atoms with Crippen molar-refractivity contribution >= 4 is 14.3 Å². The minimum atomic E-state index is -4.44. The zero-order chi connectivity index (χ0) is 29.4. The Hall–Kier alpha value is -2.32. The summed E-state index contributed by atoms with van der Waals surface area (Å²) >= 11 is 0. The molecule has 1 aliphatic rings. The number of ether oxygens (including phenoxy) is 2. The van der Waals surface area contributed by atoms with E-state index in [0.717, 1.165) is 18.6 Å². The first-order chi connectivity index (χ1) is 18.1. The summed E-state index contributed by atoms with van der Waals surface area (Å²) in [5.74, 6) is 0.395. The summed E-state index contributed by atoms with van der Waals surface area (Å²) in [6.07, 6.45) is 4.90. The van der Waals surface area contributed by atoms with Crippen LogP contribution in [0, 0.1) is 17.8 Å². The van der Waals surface area contributed by atoms with E-state index in [1.54, 1.807) is 6.08 Å². The third kappa shape index (κ3) is 9.67. The molecule has 0 N–H and O–H groups in total. The molecule has 8 heteroatoms. The van der Waals surface area contributed by atoms with E-state index in [4.69, 9.17) is 13.9 Å². The minimum Gasteiger partial charge on any atom is -0.491 e. The van der Waals surface area contributed by atoms with Crippen molar-refractivity contribution < 1.29 is 31.9 Å². The quantitative estimate of drug-likeness (QED) is 0.136. The fourth-order valence-corrected chi connectivity index (χ4v) is 5.92. The summed E-state index contributed by atoms with van der Waals surface area (Å²) in [6.45, 7) is 20.5. The van der Waals surface area contributed by atoms with Gasteiger partial charge in [0.2, 0.25) is 0 Å². The predicted octanol–water partition coefficient (Wildman–Crippen LogP) is 8.76. The van der Waals surface area contributed by atoms with Gasteiger partial charge in [-0.15, -0.1) is 13.2 Å². The first kappa shape index (κ1) is 32.9. The van der Waals surface area contributed by atoms with Gasteiger partial charge < -0.3 is 13.9 Å². The number of allylic oxidation sites excluding steroid dienone is 3. The zero-order valence-electron chi connectivity index (χ0n) is 24.2. The monoisotopic (exact) mass is 566 g/mol. The van der Waals surface area contributed by atoms with Gasteiger partial charge in [0.05, 0.1) is 11.7 Å². The molecule has 4 nitrogen and oxygen atoms in total. The van der Waals surface area contributed by atoms with Gasteiger partial charge in [0.25, 0.3) is 0 Å². The number of alkyl halides is 3. The van der Waals surface area contributed by atoms with Crippen LogP contribution in [0.4, 0.5) is 13.2 Å². The molecule has 0 aliphatic heterocycles. The first-order valence-corrected chi connectivity index (χ1v) is 16.6. The van der Waals surface area contributed by atoms with Crippen LogP contribution in [0.2, 0.25) is 18.1 Å². The Morgan fingerprint density at radius 1 is 1.18 bits per heavy atom. The molecule has 0 radical (unpaired) electrons. The Balaban J connectivity index is 2.26. The lowest BCUT2D eigenvalue weighted by molar-refractivity contribution is -0.151. The van der Waals surface area contributed by atoms with Gasteiger partial charge in [0.1, 0.15) is 18.5 Å². The van der Waals surface area contributed by atoms with E-state index in [-0.39, 0.29) is 47.2 Å². The van der Waals surface area contributed by atoms with Gasteiger partial charge in [-0.25, -0.2) is 0 Å². The standard InChI is InChI=1S/C31H45F3O4Si/c1-9-11-16-29(35)37-28-19-22(3)26(27(28)13-10-2)18-17-25(38-39(7,8)30(4,5)6)21-36-24-15-12-14-23(20-24)31(32,33)34/h9-10,12,14-15,17-18,20,22,25-28H,1-2,11,13,16,19,21H2,3-8H3/b18-17+/t22-,25-,26+,27-,28+/m1/s1. The Labute approximate surface area is 233 Å². The van der Waals surface area contributed by atoms with Crippen molar-refractivity contribution in [1.29, 1.82) is 0 Å². The minimum absolute atomic E-state index is 0.0634. The lowest BCUT2D eigenvalue weighted by atomic mass is 9.87. The second-order valence-corrected chi connectivity index (χ2v) is 16.7. The van der Waals surface area contributed by atoms with Crippen molar-refractivity contribution in [2.45, 2.75) is 89.9 Å². The molecule has 0 unspecified atom stereocenters. The number of halogens is 3. The molecule has 218 valence electrons. The van der Waals surface area contributed by atoms with Gasteiger partial charge >= 0.3 is 12.1 Å². The van der Waals surface area contributed by atoms with Crippen LogP contribution in [0.1, 0.15) is 58.9 Å². The molecule has 0 amide bonds. The second-order valence-electron chi connectivity index (χ2n) is 12.0. The molecule has 0 bridgehead atoms. The zero-order valence-corrected chi connectivity index (χ0v) is 25.2. The Morgan fingerprint density at radius 3 is 2.46 bits per heavy atom. The summed E-state index contributed by atoms with van der Waals surface area (Å²) in [4.78, 5) is 12.3. The topological polar surface area (TPSA) is 44.8 Å². The third-order valence-corrected chi connectivity index (χ3v) is 12.4. The van der Waals surface area contributed by atoms with E-state index in [2.05, 4.69) is 60.0 Å². The summed E-state index contributed by atoms with van der Waals surface area (Å²) in [5.41, 5.74) is -0.752. The van der Waals surface area contributed by atoms with Crippen molar-refractivity contribution in [3.05, 3.63) is 67.3 Å². The molecule has 1 aromatic carbocycles. The molecule has 1 aliphatic carbocycles. The molecule has 0 heterocycles. The predicted molar refractivity (Wildman–Crippen MR) is 153 cm³/mol. The number of hydrogen-bond donors (Lipinski definition) is 0. The smallest absolute Gasteiger partial charge is 0.416 e. The van der Waals surface area contributed by atoms with Crippen molar-refractivity contribution in [1.82, 2.24) is 0 Å². The van der Waals surface area contributed by atoms with Crippen molar-refractivity contribution in [3.63, 3.8) is 0 Å². The molecule has 0 aromatic heterocycles. The van der Waals surface area contributed by atoms with Gasteiger partial charge in [-0.3, -0.25) is 4.79 Å². The molecular formula is C31H45F3O4Si. The summed E-state index contributed by atoms with van der Waals surface area (Å²) in [6, 6.07) is 4.90. The summed E-state index contributed by atoms with van der Waals surface area (Å²) in [7, 11) is -2.23. The maximum atomic E-state index is 13.2. The summed E-state index contributed by atoms with van der Waals surface area (Å²) in [5, 5.41) is -0.0634. The molecule has 5 atom stereocenters. The number of hydrogen-bond acceptors (Lipinski definition) is 4. The number of esters is 1. The lowest BCUT2D eigenvalue weighted by Crippen LogP contribution is -2.45. The second kappa shape index (κ2) is 13.8. The fourth-order valence-electron chi connectivity index (χ4n) is 4.66. The summed E-state index contributed by atoms with van der Waals surface area (Å²) < 4.78 is 57.9. The normalized spacial score (nSPS) is 23.0. The van der Waals surface area contributed by atoms with Crippen LogP contribution in [-0.4, -0.2) is 33.1 Å². The van der Waals surface area contributed by atoms with E-state index in [1.165, 1.54) is 12.1 Å². The average Bonchev–Trinajstić information content (AvgIpc) is 3.12. The number of benzene rings is 1. The molecule has 0 saturated heterocycles. The number of carbonyl (C=O) groups is 1. The van der Waals surface area contributed by atoms with Gasteiger partial charge in [-0.2, -0.15) is 13.2 Å². The van der Waals surface area contributed by atoms with Crippen LogP contribution in [0.5, 0.6) is 5.75 Å². The van der Waals surface area contributed by atoms with E-state index < -0.39 is 26.2 Å². The Bertz CT molecular complexity index is 996. The van der Waals surface area contributed by atoms with Crippen molar-refractivity contribution in [2.24, 2.45) is 17.8 Å². The molecule has 39 heavy (non-hydrogen) atoms. The Kier molecular flexibility index (Phi) is 11.7. The Morgan fingerprint density at radius 2 is 1.87 bits per heavy atom. The van der Waals surface area contributed by atoms with E-state index >= 15 is 0 Å². The number of rotatable bonds is 13. The highest BCUT2D eigenvalue weighted by molar-refractivity contribution is 6.74. The number of carbonyl (C=O) groups excluding carboxylic acids is 1. The van der Waals surface area contributed by atoms with Crippen LogP contribution in [0.3, 0.4) is 0 Å². The van der Waals surface area contributed by atoms with Crippen LogP contribution in [-0.2, 0) is 20.1 Å². The van der Waals surface area contributed by atoms with E-state index in [0.29, 0.717) is 19.3 Å². The fraction of sp³-hybridized carbons (Fsp3) is 0.581. The van der Waals surface area contributed by atoms with E-state index in [9.17, 15) is 18.0 Å².